The van der Waals surface area contributed by atoms with Crippen LogP contribution in [0.5, 0.6) is 11.6 Å². The SMILES string of the molecule is CNCCC(C)N1CCN(c2ncncc2Oc2cc(C(c3ccc(Cl)cc3Cl)N3CCC(CC(=O)OC)CC3)ccn2)CC1. The largest absolute Gasteiger partial charge is 0.469 e. The third kappa shape index (κ3) is 8.62. The summed E-state index contributed by atoms with van der Waals surface area (Å²) < 4.78 is 11.3. The highest BCUT2D eigenvalue weighted by Crippen LogP contribution is 2.39. The van der Waals surface area contributed by atoms with Gasteiger partial charge in [0.2, 0.25) is 5.88 Å². The lowest BCUT2D eigenvalue weighted by molar-refractivity contribution is -0.142. The Balaban J connectivity index is 1.35. The summed E-state index contributed by atoms with van der Waals surface area (Å²) in [6.45, 7) is 8.54. The number of halogens is 2. The first-order valence-corrected chi connectivity index (χ1v) is 16.4. The quantitative estimate of drug-likeness (QED) is 0.254. The minimum atomic E-state index is -0.160. The van der Waals surface area contributed by atoms with Crippen LogP contribution in [-0.4, -0.2) is 96.7 Å². The number of likely N-dealkylation sites (tertiary alicyclic amines) is 1. The molecule has 0 aliphatic carbocycles. The van der Waals surface area contributed by atoms with Crippen LogP contribution in [0.4, 0.5) is 5.82 Å². The van der Waals surface area contributed by atoms with E-state index in [0.717, 1.165) is 82.0 Å². The summed E-state index contributed by atoms with van der Waals surface area (Å²) in [6, 6.07) is 9.97. The van der Waals surface area contributed by atoms with Gasteiger partial charge in [-0.1, -0.05) is 29.3 Å². The maximum Gasteiger partial charge on any atom is 0.305 e. The number of ether oxygens (including phenoxy) is 2. The second-order valence-electron chi connectivity index (χ2n) is 11.8. The van der Waals surface area contributed by atoms with E-state index in [-0.39, 0.29) is 12.0 Å². The summed E-state index contributed by atoms with van der Waals surface area (Å²) in [5, 5.41) is 4.43. The van der Waals surface area contributed by atoms with Crippen molar-refractivity contribution in [2.24, 2.45) is 5.92 Å². The molecule has 0 radical (unpaired) electrons. The van der Waals surface area contributed by atoms with E-state index in [1.165, 1.54) is 7.11 Å². The van der Waals surface area contributed by atoms with Gasteiger partial charge in [0.15, 0.2) is 11.6 Å². The van der Waals surface area contributed by atoms with E-state index < -0.39 is 0 Å². The van der Waals surface area contributed by atoms with E-state index in [1.54, 1.807) is 24.8 Å². The number of piperazine rings is 1. The Morgan fingerprint density at radius 2 is 1.82 bits per heavy atom. The second kappa shape index (κ2) is 16.0. The van der Waals surface area contributed by atoms with Gasteiger partial charge in [0.25, 0.3) is 0 Å². The zero-order chi connectivity index (χ0) is 31.8. The van der Waals surface area contributed by atoms with Gasteiger partial charge in [-0.3, -0.25) is 14.6 Å². The van der Waals surface area contributed by atoms with Crippen molar-refractivity contribution in [2.45, 2.75) is 44.7 Å². The number of pyridine rings is 1. The molecule has 0 bridgehead atoms. The fourth-order valence-electron chi connectivity index (χ4n) is 6.34. The van der Waals surface area contributed by atoms with Crippen molar-refractivity contribution in [3.63, 3.8) is 0 Å². The summed E-state index contributed by atoms with van der Waals surface area (Å²) in [5.41, 5.74) is 1.95. The highest BCUT2D eigenvalue weighted by Gasteiger charge is 2.31. The van der Waals surface area contributed by atoms with E-state index in [1.807, 2.05) is 31.3 Å². The number of carbonyl (C=O) groups excluding carboxylic acids is 1. The molecule has 2 fully saturated rings. The molecule has 2 aliphatic heterocycles. The molecule has 10 nitrogen and oxygen atoms in total. The molecule has 0 saturated carbocycles. The van der Waals surface area contributed by atoms with Gasteiger partial charge in [-0.05, 0) is 88.1 Å². The van der Waals surface area contributed by atoms with Crippen LogP contribution in [0.2, 0.25) is 10.0 Å². The molecule has 2 aromatic heterocycles. The van der Waals surface area contributed by atoms with Gasteiger partial charge < -0.3 is 19.7 Å². The molecule has 45 heavy (non-hydrogen) atoms. The van der Waals surface area contributed by atoms with Crippen LogP contribution >= 0.6 is 23.2 Å². The van der Waals surface area contributed by atoms with Gasteiger partial charge in [-0.15, -0.1) is 0 Å². The summed E-state index contributed by atoms with van der Waals surface area (Å²) in [7, 11) is 3.44. The number of esters is 1. The Bertz CT molecular complexity index is 1410. The number of methoxy groups -OCH3 is 1. The van der Waals surface area contributed by atoms with Crippen molar-refractivity contribution in [1.29, 1.82) is 0 Å². The molecule has 2 aliphatic rings. The van der Waals surface area contributed by atoms with Crippen LogP contribution in [0, 0.1) is 5.92 Å². The van der Waals surface area contributed by atoms with E-state index >= 15 is 0 Å². The van der Waals surface area contributed by atoms with Crippen molar-refractivity contribution >= 4 is 35.0 Å². The number of piperidine rings is 1. The van der Waals surface area contributed by atoms with Crippen LogP contribution in [0.15, 0.2) is 49.1 Å². The summed E-state index contributed by atoms with van der Waals surface area (Å²) in [6.07, 6.45) is 8.37. The Morgan fingerprint density at radius 3 is 2.53 bits per heavy atom. The molecule has 2 unspecified atom stereocenters. The van der Waals surface area contributed by atoms with Crippen LogP contribution in [0.3, 0.4) is 0 Å². The number of benzene rings is 1. The fraction of sp³-hybridized carbons (Fsp3) is 0.515. The van der Waals surface area contributed by atoms with Crippen LogP contribution in [0.1, 0.15) is 49.8 Å². The first kappa shape index (κ1) is 33.3. The number of hydrogen-bond donors (Lipinski definition) is 1. The monoisotopic (exact) mass is 655 g/mol. The van der Waals surface area contributed by atoms with Gasteiger partial charge in [0.05, 0.1) is 19.3 Å². The second-order valence-corrected chi connectivity index (χ2v) is 12.7. The molecule has 4 heterocycles. The summed E-state index contributed by atoms with van der Waals surface area (Å²) in [4.78, 5) is 32.5. The van der Waals surface area contributed by atoms with E-state index in [4.69, 9.17) is 32.7 Å². The first-order chi connectivity index (χ1) is 21.9. The normalized spacial score (nSPS) is 18.0. The molecular weight excluding hydrogens is 613 g/mol. The number of rotatable bonds is 12. The molecule has 0 amide bonds. The summed E-state index contributed by atoms with van der Waals surface area (Å²) >= 11 is 13.1. The highest BCUT2D eigenvalue weighted by atomic mass is 35.5. The lowest BCUT2D eigenvalue weighted by Crippen LogP contribution is -2.50. The molecule has 242 valence electrons. The Labute approximate surface area is 276 Å². The average molecular weight is 657 g/mol. The molecule has 5 rings (SSSR count). The van der Waals surface area contributed by atoms with E-state index in [0.29, 0.717) is 40.1 Å². The molecule has 0 spiro atoms. The van der Waals surface area contributed by atoms with Crippen molar-refractivity contribution in [3.05, 3.63) is 70.2 Å². The molecule has 2 atom stereocenters. The molecular formula is C33H43Cl2N7O3. The van der Waals surface area contributed by atoms with Gasteiger partial charge in [0.1, 0.15) is 6.33 Å². The minimum absolute atomic E-state index is 0.149. The van der Waals surface area contributed by atoms with Gasteiger partial charge in [-0.25, -0.2) is 15.0 Å². The van der Waals surface area contributed by atoms with Gasteiger partial charge >= 0.3 is 5.97 Å². The lowest BCUT2D eigenvalue weighted by Gasteiger charge is -2.39. The summed E-state index contributed by atoms with van der Waals surface area (Å²) in [5.74, 6) is 1.93. The molecule has 1 aromatic carbocycles. The van der Waals surface area contributed by atoms with E-state index in [9.17, 15) is 4.79 Å². The van der Waals surface area contributed by atoms with Crippen molar-refractivity contribution < 1.29 is 14.3 Å². The predicted octanol–water partition coefficient (Wildman–Crippen LogP) is 5.46. The first-order valence-electron chi connectivity index (χ1n) is 15.7. The van der Waals surface area contributed by atoms with Crippen LogP contribution < -0.4 is 15.0 Å². The zero-order valence-corrected chi connectivity index (χ0v) is 27.8. The van der Waals surface area contributed by atoms with Crippen LogP contribution in [0.25, 0.3) is 0 Å². The number of nitrogens with zero attached hydrogens (tertiary/aromatic N) is 6. The lowest BCUT2D eigenvalue weighted by atomic mass is 9.90. The number of nitrogens with one attached hydrogen (secondary N) is 1. The Kier molecular flexibility index (Phi) is 11.9. The molecule has 2 saturated heterocycles. The Hall–Kier alpha value is -3.02. The standard InChI is InChI=1S/C33H43Cl2N7O3/c1-23(6-10-36-2)40-14-16-42(17-15-40)33-29(21-37-22-39-33)45-30-19-25(7-11-38-30)32(27-5-4-26(34)20-28(27)35)41-12-8-24(9-13-41)18-31(43)44-3/h4-5,7,11,19-24,32,36H,6,8-10,12-18H2,1-3H3. The average Bonchev–Trinajstić information content (AvgIpc) is 3.06. The van der Waals surface area contributed by atoms with Crippen molar-refractivity contribution in [1.82, 2.24) is 30.1 Å². The number of aromatic nitrogens is 3. The highest BCUT2D eigenvalue weighted by molar-refractivity contribution is 6.35. The van der Waals surface area contributed by atoms with Crippen LogP contribution in [-0.2, 0) is 9.53 Å². The topological polar surface area (TPSA) is 96.0 Å². The van der Waals surface area contributed by atoms with Crippen molar-refractivity contribution in [2.75, 3.05) is 64.9 Å². The fourth-order valence-corrected chi connectivity index (χ4v) is 6.85. The minimum Gasteiger partial charge on any atom is -0.469 e. The van der Waals surface area contributed by atoms with Crippen molar-refractivity contribution in [3.8, 4) is 11.6 Å². The molecule has 1 N–H and O–H groups in total. The van der Waals surface area contributed by atoms with Gasteiger partial charge in [0, 0.05) is 61.0 Å². The maximum atomic E-state index is 11.9. The third-order valence-electron chi connectivity index (χ3n) is 8.95. The number of hydrogen-bond acceptors (Lipinski definition) is 10. The predicted molar refractivity (Wildman–Crippen MR) is 177 cm³/mol. The Morgan fingerprint density at radius 1 is 1.04 bits per heavy atom. The maximum absolute atomic E-state index is 11.9. The number of carbonyl (C=O) groups is 1. The molecule has 3 aromatic rings. The zero-order valence-electron chi connectivity index (χ0n) is 26.3. The van der Waals surface area contributed by atoms with Gasteiger partial charge in [-0.2, -0.15) is 0 Å². The molecule has 12 heteroatoms. The smallest absolute Gasteiger partial charge is 0.305 e. The van der Waals surface area contributed by atoms with E-state index in [2.05, 4.69) is 41.9 Å². The third-order valence-corrected chi connectivity index (χ3v) is 9.51. The number of anilines is 1.